The van der Waals surface area contributed by atoms with Crippen molar-refractivity contribution in [1.82, 2.24) is 9.55 Å². The highest BCUT2D eigenvalue weighted by atomic mass is 32.2. The van der Waals surface area contributed by atoms with E-state index in [-0.39, 0.29) is 17.4 Å². The van der Waals surface area contributed by atoms with Crippen LogP contribution in [0.25, 0.3) is 0 Å². The Morgan fingerprint density at radius 1 is 1.53 bits per heavy atom. The molecule has 0 unspecified atom stereocenters. The second-order valence-corrected chi connectivity index (χ2v) is 7.79. The summed E-state index contributed by atoms with van der Waals surface area (Å²) in [5.74, 6) is -0.795. The van der Waals surface area contributed by atoms with Gasteiger partial charge in [0.25, 0.3) is 0 Å². The Morgan fingerprint density at radius 2 is 2.16 bits per heavy atom. The lowest BCUT2D eigenvalue weighted by molar-refractivity contribution is -0.133. The van der Waals surface area contributed by atoms with Crippen LogP contribution in [-0.2, 0) is 21.2 Å². The van der Waals surface area contributed by atoms with E-state index in [1.54, 1.807) is 10.8 Å². The summed E-state index contributed by atoms with van der Waals surface area (Å²) < 4.78 is 24.3. The van der Waals surface area contributed by atoms with Crippen LogP contribution in [0.4, 0.5) is 0 Å². The molecule has 0 radical (unpaired) electrons. The van der Waals surface area contributed by atoms with Crippen molar-refractivity contribution in [1.29, 1.82) is 0 Å². The number of carboxylic acids is 1. The summed E-state index contributed by atoms with van der Waals surface area (Å²) >= 11 is 1.10. The van der Waals surface area contributed by atoms with Crippen molar-refractivity contribution in [3.05, 3.63) is 11.9 Å². The van der Waals surface area contributed by atoms with Crippen molar-refractivity contribution in [2.45, 2.75) is 31.5 Å². The summed E-state index contributed by atoms with van der Waals surface area (Å²) in [7, 11) is -3.06. The first kappa shape index (κ1) is 16.0. The van der Waals surface area contributed by atoms with E-state index in [1.807, 2.05) is 13.8 Å². The summed E-state index contributed by atoms with van der Waals surface area (Å²) in [5, 5.41) is 9.24. The van der Waals surface area contributed by atoms with Crippen LogP contribution in [0.15, 0.2) is 11.4 Å². The van der Waals surface area contributed by atoms with E-state index in [0.29, 0.717) is 11.7 Å². The third-order valence-electron chi connectivity index (χ3n) is 2.45. The van der Waals surface area contributed by atoms with E-state index < -0.39 is 15.8 Å². The first-order valence-corrected chi connectivity index (χ1v) is 8.83. The molecule has 1 rings (SSSR count). The summed E-state index contributed by atoms with van der Waals surface area (Å²) in [4.78, 5) is 14.8. The Bertz CT molecular complexity index is 549. The summed E-state index contributed by atoms with van der Waals surface area (Å²) in [6.45, 7) is 4.27. The third kappa shape index (κ3) is 5.23. The van der Waals surface area contributed by atoms with Gasteiger partial charge in [-0.15, -0.1) is 0 Å². The predicted octanol–water partition coefficient (Wildman–Crippen LogP) is 1.23. The van der Waals surface area contributed by atoms with Crippen molar-refractivity contribution in [3.8, 4) is 0 Å². The second-order valence-electron chi connectivity index (χ2n) is 4.58. The van der Waals surface area contributed by atoms with Gasteiger partial charge in [0.1, 0.15) is 9.84 Å². The largest absolute Gasteiger partial charge is 0.481 e. The summed E-state index contributed by atoms with van der Waals surface area (Å²) in [5.41, 5.74) is 0.913. The van der Waals surface area contributed by atoms with Crippen LogP contribution in [0, 0.1) is 0 Å². The van der Waals surface area contributed by atoms with E-state index in [4.69, 9.17) is 5.11 Å². The first-order chi connectivity index (χ1) is 8.70. The maximum Gasteiger partial charge on any atom is 0.313 e. The molecule has 0 atom stereocenters. The summed E-state index contributed by atoms with van der Waals surface area (Å²) in [6, 6.07) is 0. The van der Waals surface area contributed by atoms with Gasteiger partial charge < -0.3 is 9.67 Å². The molecular formula is C11H18N2O4S2. The molecule has 1 N–H and O–H groups in total. The van der Waals surface area contributed by atoms with Crippen molar-refractivity contribution in [2.24, 2.45) is 0 Å². The number of sulfone groups is 1. The Balaban J connectivity index is 2.94. The van der Waals surface area contributed by atoms with Gasteiger partial charge in [0.2, 0.25) is 0 Å². The number of nitrogens with zero attached hydrogens (tertiary/aromatic N) is 2. The molecule has 1 aromatic heterocycles. The van der Waals surface area contributed by atoms with Crippen molar-refractivity contribution in [3.63, 3.8) is 0 Å². The number of hydrogen-bond donors (Lipinski definition) is 1. The van der Waals surface area contributed by atoms with Gasteiger partial charge in [-0.05, 0) is 5.92 Å². The van der Waals surface area contributed by atoms with Crippen LogP contribution in [0.2, 0.25) is 0 Å². The molecule has 0 bridgehead atoms. The Hall–Kier alpha value is -1.02. The Morgan fingerprint density at radius 3 is 2.63 bits per heavy atom. The number of thioether (sulfide) groups is 1. The maximum absolute atomic E-state index is 11.3. The van der Waals surface area contributed by atoms with Gasteiger partial charge in [-0.25, -0.2) is 13.4 Å². The second kappa shape index (κ2) is 6.42. The predicted molar refractivity (Wildman–Crippen MR) is 74.4 cm³/mol. The number of rotatable bonds is 7. The summed E-state index contributed by atoms with van der Waals surface area (Å²) in [6.07, 6.45) is 2.86. The van der Waals surface area contributed by atoms with E-state index in [0.717, 1.165) is 17.5 Å². The number of carboxylic acid groups (broad SMARTS) is 1. The minimum absolute atomic E-state index is 0.0176. The SMILES string of the molecule is CC(C)c1cnc(SCC(=O)O)n1CCS(C)(=O)=O. The number of hydrogen-bond acceptors (Lipinski definition) is 5. The normalized spacial score (nSPS) is 12.0. The van der Waals surface area contributed by atoms with Crippen LogP contribution in [0.3, 0.4) is 0 Å². The fourth-order valence-corrected chi connectivity index (χ4v) is 2.80. The van der Waals surface area contributed by atoms with Crippen molar-refractivity contribution in [2.75, 3.05) is 17.8 Å². The van der Waals surface area contributed by atoms with E-state index >= 15 is 0 Å². The monoisotopic (exact) mass is 306 g/mol. The molecule has 6 nitrogen and oxygen atoms in total. The molecule has 0 aromatic carbocycles. The Labute approximate surface area is 117 Å². The van der Waals surface area contributed by atoms with Crippen molar-refractivity contribution >= 4 is 27.6 Å². The van der Waals surface area contributed by atoms with Crippen molar-refractivity contribution < 1.29 is 18.3 Å². The molecule has 19 heavy (non-hydrogen) atoms. The number of carbonyl (C=O) groups is 1. The molecule has 0 saturated heterocycles. The molecule has 1 aromatic rings. The zero-order chi connectivity index (χ0) is 14.6. The highest BCUT2D eigenvalue weighted by Crippen LogP contribution is 2.23. The molecule has 0 saturated carbocycles. The minimum Gasteiger partial charge on any atom is -0.481 e. The van der Waals surface area contributed by atoms with Gasteiger partial charge in [0.05, 0.1) is 11.5 Å². The first-order valence-electron chi connectivity index (χ1n) is 5.78. The molecule has 0 spiro atoms. The van der Waals surface area contributed by atoms with Crippen LogP contribution in [0.5, 0.6) is 0 Å². The number of aliphatic carboxylic acids is 1. The third-order valence-corrected chi connectivity index (χ3v) is 4.35. The lowest BCUT2D eigenvalue weighted by Gasteiger charge is -2.12. The molecule has 0 aliphatic heterocycles. The molecule has 0 aliphatic carbocycles. The topological polar surface area (TPSA) is 89.3 Å². The van der Waals surface area contributed by atoms with Gasteiger partial charge in [0.15, 0.2) is 5.16 Å². The fourth-order valence-electron chi connectivity index (χ4n) is 1.56. The van der Waals surface area contributed by atoms with Gasteiger partial charge in [-0.1, -0.05) is 25.6 Å². The lowest BCUT2D eigenvalue weighted by atomic mass is 10.1. The lowest BCUT2D eigenvalue weighted by Crippen LogP contribution is -2.15. The van der Waals surface area contributed by atoms with Crippen LogP contribution >= 0.6 is 11.8 Å². The zero-order valence-corrected chi connectivity index (χ0v) is 12.8. The Kier molecular flexibility index (Phi) is 5.42. The standard InChI is InChI=1S/C11H18N2O4S2/c1-8(2)9-6-12-11(18-7-10(14)15)13(9)4-5-19(3,16)17/h6,8H,4-5,7H2,1-3H3,(H,14,15). The van der Waals surface area contributed by atoms with Crippen LogP contribution in [-0.4, -0.2) is 46.8 Å². The maximum atomic E-state index is 11.3. The van der Waals surface area contributed by atoms with E-state index in [2.05, 4.69) is 4.98 Å². The fraction of sp³-hybridized carbons (Fsp3) is 0.636. The minimum atomic E-state index is -3.06. The number of imidazole rings is 1. The van der Waals surface area contributed by atoms with Gasteiger partial charge >= 0.3 is 5.97 Å². The quantitative estimate of drug-likeness (QED) is 0.762. The average Bonchev–Trinajstić information content (AvgIpc) is 2.65. The average molecular weight is 306 g/mol. The van der Waals surface area contributed by atoms with Gasteiger partial charge in [0, 0.05) is 24.7 Å². The van der Waals surface area contributed by atoms with E-state index in [1.165, 1.54) is 6.26 Å². The van der Waals surface area contributed by atoms with Crippen LogP contribution < -0.4 is 0 Å². The smallest absolute Gasteiger partial charge is 0.313 e. The van der Waals surface area contributed by atoms with Gasteiger partial charge in [-0.3, -0.25) is 4.79 Å². The van der Waals surface area contributed by atoms with E-state index in [9.17, 15) is 13.2 Å². The zero-order valence-electron chi connectivity index (χ0n) is 11.2. The molecule has 0 fully saturated rings. The molecule has 8 heteroatoms. The highest BCUT2D eigenvalue weighted by Gasteiger charge is 2.15. The van der Waals surface area contributed by atoms with Crippen LogP contribution in [0.1, 0.15) is 25.5 Å². The molecule has 108 valence electrons. The molecule has 1 heterocycles. The molecule has 0 amide bonds. The molecular weight excluding hydrogens is 288 g/mol. The highest BCUT2D eigenvalue weighted by molar-refractivity contribution is 7.99. The van der Waals surface area contributed by atoms with Gasteiger partial charge in [-0.2, -0.15) is 0 Å². The number of aromatic nitrogens is 2. The molecule has 0 aliphatic rings.